The summed E-state index contributed by atoms with van der Waals surface area (Å²) in [4.78, 5) is 20.1. The first-order chi connectivity index (χ1) is 10.7. The van der Waals surface area contributed by atoms with Crippen molar-refractivity contribution in [3.8, 4) is 11.4 Å². The van der Waals surface area contributed by atoms with Crippen molar-refractivity contribution in [3.05, 3.63) is 53.2 Å². The number of benzene rings is 1. The van der Waals surface area contributed by atoms with Crippen molar-refractivity contribution in [2.24, 2.45) is 0 Å². The molecule has 1 saturated carbocycles. The molecule has 3 aliphatic rings. The summed E-state index contributed by atoms with van der Waals surface area (Å²) >= 11 is 0. The molecule has 0 radical (unpaired) electrons. The second kappa shape index (κ2) is 3.77. The van der Waals surface area contributed by atoms with Crippen LogP contribution in [-0.2, 0) is 5.54 Å². The highest BCUT2D eigenvalue weighted by molar-refractivity contribution is 6.13. The third-order valence-electron chi connectivity index (χ3n) is 4.87. The van der Waals surface area contributed by atoms with Gasteiger partial charge in [0.05, 0.1) is 22.3 Å². The van der Waals surface area contributed by atoms with Gasteiger partial charge < -0.3 is 10.3 Å². The fourth-order valence-electron chi connectivity index (χ4n) is 3.46. The lowest BCUT2D eigenvalue weighted by Gasteiger charge is -2.20. The number of hydrogen-bond acceptors (Lipinski definition) is 2. The van der Waals surface area contributed by atoms with Gasteiger partial charge >= 0.3 is 0 Å². The summed E-state index contributed by atoms with van der Waals surface area (Å²) in [6.45, 7) is 2.10. The Balaban J connectivity index is 1.49. The van der Waals surface area contributed by atoms with Gasteiger partial charge in [-0.1, -0.05) is 24.3 Å². The van der Waals surface area contributed by atoms with Gasteiger partial charge in [-0.15, -0.1) is 0 Å². The molecule has 0 atom stereocenters. The number of pyridine rings is 1. The van der Waals surface area contributed by atoms with Crippen LogP contribution in [-0.4, -0.2) is 15.9 Å². The lowest BCUT2D eigenvalue weighted by molar-refractivity contribution is 0.0932. The fourth-order valence-corrected chi connectivity index (χ4v) is 3.46. The molecule has 2 heterocycles. The number of aryl methyl sites for hydroxylation is 1. The molecule has 1 aromatic heterocycles. The van der Waals surface area contributed by atoms with Gasteiger partial charge in [-0.3, -0.25) is 4.79 Å². The standard InChI is InChI=1S/C18H15N3O/c1-10-4-2-3-5-13(10)18(6-7-18)21-17(22)12-9-19-15-11(12)8-14-16(15)20-14/h2-5,8-9,19H,6-7H2,1H3,(H,21,22). The van der Waals surface area contributed by atoms with E-state index in [9.17, 15) is 4.79 Å². The van der Waals surface area contributed by atoms with Gasteiger partial charge in [0.25, 0.3) is 5.91 Å². The van der Waals surface area contributed by atoms with Gasteiger partial charge in [0.15, 0.2) is 0 Å². The first-order valence-corrected chi connectivity index (χ1v) is 7.59. The van der Waals surface area contributed by atoms with Crippen molar-refractivity contribution >= 4 is 16.8 Å². The van der Waals surface area contributed by atoms with Crippen molar-refractivity contribution in [2.45, 2.75) is 25.3 Å². The first kappa shape index (κ1) is 12.0. The Kier molecular flexibility index (Phi) is 2.05. The highest BCUT2D eigenvalue weighted by Crippen LogP contribution is 2.47. The zero-order valence-corrected chi connectivity index (χ0v) is 12.2. The largest absolute Gasteiger partial charge is 0.359 e. The van der Waals surface area contributed by atoms with E-state index < -0.39 is 0 Å². The quantitative estimate of drug-likeness (QED) is 0.608. The molecular formula is C18H15N3O. The molecule has 0 unspecified atom stereocenters. The lowest BCUT2D eigenvalue weighted by atomic mass is 9.99. The molecule has 22 heavy (non-hydrogen) atoms. The number of aromatic nitrogens is 2. The van der Waals surface area contributed by atoms with Gasteiger partial charge in [-0.05, 0) is 37.0 Å². The molecule has 2 aliphatic carbocycles. The smallest absolute Gasteiger partial charge is 0.254 e. The minimum Gasteiger partial charge on any atom is -0.359 e. The van der Waals surface area contributed by atoms with E-state index >= 15 is 0 Å². The molecule has 1 aromatic carbocycles. The van der Waals surface area contributed by atoms with E-state index in [1.54, 1.807) is 6.20 Å². The highest BCUT2D eigenvalue weighted by Gasteiger charge is 2.46. The number of carbonyl (C=O) groups excluding carboxylic acids is 1. The third kappa shape index (κ3) is 1.52. The van der Waals surface area contributed by atoms with Crippen molar-refractivity contribution in [1.29, 1.82) is 0 Å². The first-order valence-electron chi connectivity index (χ1n) is 7.59. The fraction of sp³-hybridized carbons (Fsp3) is 0.222. The van der Waals surface area contributed by atoms with Crippen molar-refractivity contribution < 1.29 is 4.79 Å². The van der Waals surface area contributed by atoms with Gasteiger partial charge in [0.2, 0.25) is 0 Å². The van der Waals surface area contributed by atoms with E-state index in [-0.39, 0.29) is 11.4 Å². The zero-order chi connectivity index (χ0) is 14.9. The molecule has 4 heteroatoms. The predicted octanol–water partition coefficient (Wildman–Crippen LogP) is 3.27. The normalized spacial score (nSPS) is 16.6. The summed E-state index contributed by atoms with van der Waals surface area (Å²) < 4.78 is 0. The average Bonchev–Trinajstić information content (AvgIpc) is 3.37. The SMILES string of the molecule is Cc1ccccc1C1(NC(=O)c2c[nH]c3c4nc-4cc23)CC1. The van der Waals surface area contributed by atoms with Crippen LogP contribution in [0.2, 0.25) is 0 Å². The lowest BCUT2D eigenvalue weighted by Crippen LogP contribution is -2.35. The summed E-state index contributed by atoms with van der Waals surface area (Å²) in [7, 11) is 0. The van der Waals surface area contributed by atoms with Crippen LogP contribution < -0.4 is 5.32 Å². The molecule has 108 valence electrons. The Hall–Kier alpha value is -2.62. The van der Waals surface area contributed by atoms with Crippen molar-refractivity contribution in [1.82, 2.24) is 15.3 Å². The van der Waals surface area contributed by atoms with E-state index in [0.29, 0.717) is 0 Å². The summed E-state index contributed by atoms with van der Waals surface area (Å²) in [6, 6.07) is 10.3. The zero-order valence-electron chi connectivity index (χ0n) is 12.2. The molecule has 0 saturated heterocycles. The number of rotatable bonds is 3. The second-order valence-electron chi connectivity index (χ2n) is 6.33. The summed E-state index contributed by atoms with van der Waals surface area (Å²) in [5, 5.41) is 4.24. The molecule has 5 rings (SSSR count). The Bertz CT molecular complexity index is 950. The van der Waals surface area contributed by atoms with Crippen LogP contribution in [0.5, 0.6) is 0 Å². The molecule has 0 bridgehead atoms. The van der Waals surface area contributed by atoms with Crippen molar-refractivity contribution in [3.63, 3.8) is 0 Å². The summed E-state index contributed by atoms with van der Waals surface area (Å²) in [5.41, 5.74) is 6.01. The van der Waals surface area contributed by atoms with E-state index in [4.69, 9.17) is 0 Å². The Labute approximate surface area is 127 Å². The van der Waals surface area contributed by atoms with E-state index in [1.165, 1.54) is 11.1 Å². The van der Waals surface area contributed by atoms with Crippen LogP contribution in [0.15, 0.2) is 36.5 Å². The van der Waals surface area contributed by atoms with E-state index in [2.05, 4.69) is 34.3 Å². The molecule has 4 nitrogen and oxygen atoms in total. The van der Waals surface area contributed by atoms with Crippen LogP contribution in [0.25, 0.3) is 22.3 Å². The maximum atomic E-state index is 12.7. The molecular weight excluding hydrogens is 274 g/mol. The Morgan fingerprint density at radius 2 is 2.14 bits per heavy atom. The van der Waals surface area contributed by atoms with Gasteiger partial charge in [-0.2, -0.15) is 0 Å². The third-order valence-corrected chi connectivity index (χ3v) is 4.87. The number of H-pyrrole nitrogens is 1. The predicted molar refractivity (Wildman–Crippen MR) is 84.6 cm³/mol. The number of amides is 1. The topological polar surface area (TPSA) is 57.8 Å². The number of nitrogens with zero attached hydrogens (tertiary/aromatic N) is 1. The molecule has 1 aliphatic heterocycles. The minimum atomic E-state index is -0.182. The summed E-state index contributed by atoms with van der Waals surface area (Å²) in [6.07, 6.45) is 3.80. The molecule has 1 amide bonds. The molecule has 2 N–H and O–H groups in total. The number of fused-ring (bicyclic) bond motifs is 3. The van der Waals surface area contributed by atoms with Crippen LogP contribution in [0.3, 0.4) is 0 Å². The van der Waals surface area contributed by atoms with Crippen LogP contribution >= 0.6 is 0 Å². The molecule has 0 spiro atoms. The number of nitrogens with one attached hydrogen (secondary N) is 2. The maximum Gasteiger partial charge on any atom is 0.254 e. The molecule has 1 fully saturated rings. The average molecular weight is 289 g/mol. The van der Waals surface area contributed by atoms with Gasteiger partial charge in [-0.25, -0.2) is 4.98 Å². The minimum absolute atomic E-state index is 0.00277. The van der Waals surface area contributed by atoms with Crippen LogP contribution in [0.4, 0.5) is 0 Å². The number of aromatic amines is 1. The van der Waals surface area contributed by atoms with E-state index in [1.807, 2.05) is 18.2 Å². The Morgan fingerprint density at radius 1 is 1.32 bits per heavy atom. The van der Waals surface area contributed by atoms with Gasteiger partial charge in [0.1, 0.15) is 5.69 Å². The monoisotopic (exact) mass is 289 g/mol. The van der Waals surface area contributed by atoms with Crippen LogP contribution in [0, 0.1) is 6.92 Å². The number of carbonyl (C=O) groups is 1. The highest BCUT2D eigenvalue weighted by atomic mass is 16.1. The molecule has 2 aromatic rings. The maximum absolute atomic E-state index is 12.7. The number of hydrogen-bond donors (Lipinski definition) is 2. The Morgan fingerprint density at radius 3 is 2.91 bits per heavy atom. The van der Waals surface area contributed by atoms with Gasteiger partial charge in [0, 0.05) is 11.6 Å². The second-order valence-corrected chi connectivity index (χ2v) is 6.33. The van der Waals surface area contributed by atoms with Crippen molar-refractivity contribution in [2.75, 3.05) is 0 Å². The van der Waals surface area contributed by atoms with Crippen LogP contribution in [0.1, 0.15) is 34.3 Å². The summed E-state index contributed by atoms with van der Waals surface area (Å²) in [5.74, 6) is -0.00277. The van der Waals surface area contributed by atoms with E-state index in [0.717, 1.165) is 40.7 Å².